The van der Waals surface area contributed by atoms with Gasteiger partial charge in [0.05, 0.1) is 6.54 Å². The largest absolute Gasteiger partial charge is 0.249 e. The molecule has 3 aromatic rings. The van der Waals surface area contributed by atoms with Crippen LogP contribution < -0.4 is 4.57 Å². The highest BCUT2D eigenvalue weighted by Crippen LogP contribution is 2.07. The Labute approximate surface area is 112 Å². The fourth-order valence-corrected chi connectivity index (χ4v) is 2.47. The summed E-state index contributed by atoms with van der Waals surface area (Å²) in [7, 11) is 0. The number of nitrogens with zero attached hydrogens (tertiary/aromatic N) is 2. The first-order valence-electron chi connectivity index (χ1n) is 6.31. The fraction of sp³-hybridized carbons (Fsp3) is 0.267. The lowest BCUT2D eigenvalue weighted by molar-refractivity contribution is -0.692. The average molecular weight is 259 g/mol. The zero-order valence-electron chi connectivity index (χ0n) is 10.9. The molecule has 0 bridgehead atoms. The lowest BCUT2D eigenvalue weighted by Crippen LogP contribution is -2.28. The average Bonchev–Trinajstić information content (AvgIpc) is 3.01. The topological polar surface area (TPSA) is 8.29 Å². The van der Waals surface area contributed by atoms with Crippen molar-refractivity contribution in [1.82, 2.24) is 4.40 Å². The van der Waals surface area contributed by atoms with Crippen molar-refractivity contribution >= 4 is 16.2 Å². The van der Waals surface area contributed by atoms with Gasteiger partial charge in [0.15, 0.2) is 0 Å². The SMILES string of the molecule is CC[n+]1cc2sccn2c1.CCc1ccccc1. The van der Waals surface area contributed by atoms with Crippen LogP contribution in [0.25, 0.3) is 4.83 Å². The minimum atomic E-state index is 1.05. The van der Waals surface area contributed by atoms with Crippen molar-refractivity contribution in [3.8, 4) is 0 Å². The summed E-state index contributed by atoms with van der Waals surface area (Å²) in [6.45, 7) is 5.36. The number of benzene rings is 1. The van der Waals surface area contributed by atoms with E-state index in [1.165, 1.54) is 10.4 Å². The molecule has 2 aromatic heterocycles. The Morgan fingerprint density at radius 2 is 1.94 bits per heavy atom. The number of hydrogen-bond acceptors (Lipinski definition) is 1. The first-order chi connectivity index (χ1) is 8.83. The molecule has 0 aliphatic carbocycles. The highest BCUT2D eigenvalue weighted by atomic mass is 32.1. The van der Waals surface area contributed by atoms with Crippen LogP contribution in [0.1, 0.15) is 19.4 Å². The van der Waals surface area contributed by atoms with Crippen molar-refractivity contribution in [2.45, 2.75) is 26.8 Å². The summed E-state index contributed by atoms with van der Waals surface area (Å²) >= 11 is 1.77. The van der Waals surface area contributed by atoms with Crippen LogP contribution in [0.4, 0.5) is 0 Å². The summed E-state index contributed by atoms with van der Waals surface area (Å²) in [6, 6.07) is 10.5. The molecular formula is C15H19N2S+. The first kappa shape index (κ1) is 12.8. The van der Waals surface area contributed by atoms with E-state index >= 15 is 0 Å². The molecule has 1 aromatic carbocycles. The number of aromatic nitrogens is 2. The van der Waals surface area contributed by atoms with E-state index in [9.17, 15) is 0 Å². The summed E-state index contributed by atoms with van der Waals surface area (Å²) in [5.41, 5.74) is 1.41. The van der Waals surface area contributed by atoms with Crippen LogP contribution in [-0.2, 0) is 13.0 Å². The minimum Gasteiger partial charge on any atom is -0.235 e. The summed E-state index contributed by atoms with van der Waals surface area (Å²) in [4.78, 5) is 1.31. The van der Waals surface area contributed by atoms with Gasteiger partial charge in [-0.25, -0.2) is 4.57 Å². The third-order valence-corrected chi connectivity index (χ3v) is 3.65. The maximum Gasteiger partial charge on any atom is 0.249 e. The van der Waals surface area contributed by atoms with Crippen LogP contribution >= 0.6 is 11.3 Å². The predicted molar refractivity (Wildman–Crippen MR) is 77.0 cm³/mol. The zero-order valence-corrected chi connectivity index (χ0v) is 11.7. The standard InChI is InChI=1S/C8H10.C7H9N2S/c1-2-8-6-4-3-5-7-8;1-2-8-5-7-9(6-8)3-4-10-7/h3-7H,2H2,1H3;3-6H,2H2,1H3/q;+1. The van der Waals surface area contributed by atoms with Gasteiger partial charge in [0.1, 0.15) is 12.4 Å². The maximum atomic E-state index is 2.17. The molecule has 94 valence electrons. The van der Waals surface area contributed by atoms with Crippen molar-refractivity contribution in [3.63, 3.8) is 0 Å². The quantitative estimate of drug-likeness (QED) is 0.622. The maximum absolute atomic E-state index is 2.17. The molecule has 2 heterocycles. The van der Waals surface area contributed by atoms with Gasteiger partial charge in [0.25, 0.3) is 0 Å². The first-order valence-corrected chi connectivity index (χ1v) is 7.19. The molecule has 18 heavy (non-hydrogen) atoms. The Balaban J connectivity index is 0.000000138. The second-order valence-electron chi connectivity index (χ2n) is 4.06. The van der Waals surface area contributed by atoms with Crippen molar-refractivity contribution in [3.05, 3.63) is 60.0 Å². The van der Waals surface area contributed by atoms with Crippen molar-refractivity contribution in [2.24, 2.45) is 0 Å². The molecule has 0 atom stereocenters. The second kappa shape index (κ2) is 6.36. The van der Waals surface area contributed by atoms with E-state index in [1.807, 2.05) is 6.07 Å². The fourth-order valence-electron chi connectivity index (χ4n) is 1.71. The van der Waals surface area contributed by atoms with Gasteiger partial charge in [-0.05, 0) is 18.9 Å². The van der Waals surface area contributed by atoms with Crippen LogP contribution in [0.2, 0.25) is 0 Å². The molecule has 3 heteroatoms. The molecule has 2 nitrogen and oxygen atoms in total. The Morgan fingerprint density at radius 1 is 1.17 bits per heavy atom. The Morgan fingerprint density at radius 3 is 2.50 bits per heavy atom. The summed E-state index contributed by atoms with van der Waals surface area (Å²) < 4.78 is 4.31. The molecule has 0 N–H and O–H groups in total. The van der Waals surface area contributed by atoms with Crippen molar-refractivity contribution in [2.75, 3.05) is 0 Å². The number of fused-ring (bicyclic) bond motifs is 1. The van der Waals surface area contributed by atoms with E-state index in [-0.39, 0.29) is 0 Å². The number of imidazole rings is 1. The molecule has 0 amide bonds. The summed E-state index contributed by atoms with van der Waals surface area (Å²) in [5, 5.41) is 2.09. The summed E-state index contributed by atoms with van der Waals surface area (Å²) in [6.07, 6.45) is 7.48. The third kappa shape index (κ3) is 3.20. The molecule has 0 unspecified atom stereocenters. The molecule has 0 aliphatic rings. The zero-order chi connectivity index (χ0) is 12.8. The number of aryl methyl sites for hydroxylation is 2. The number of hydrogen-bond donors (Lipinski definition) is 0. The van der Waals surface area contributed by atoms with Crippen LogP contribution in [0.15, 0.2) is 54.4 Å². The van der Waals surface area contributed by atoms with E-state index in [1.54, 1.807) is 11.3 Å². The Kier molecular flexibility index (Phi) is 4.53. The highest BCUT2D eigenvalue weighted by molar-refractivity contribution is 7.15. The molecule has 0 radical (unpaired) electrons. The van der Waals surface area contributed by atoms with Crippen LogP contribution in [0.3, 0.4) is 0 Å². The van der Waals surface area contributed by atoms with Gasteiger partial charge in [0.2, 0.25) is 11.2 Å². The van der Waals surface area contributed by atoms with Crippen LogP contribution in [0, 0.1) is 0 Å². The van der Waals surface area contributed by atoms with Crippen LogP contribution in [-0.4, -0.2) is 4.40 Å². The van der Waals surface area contributed by atoms with Crippen LogP contribution in [0.5, 0.6) is 0 Å². The summed E-state index contributed by atoms with van der Waals surface area (Å²) in [5.74, 6) is 0. The predicted octanol–water partition coefficient (Wildman–Crippen LogP) is 3.56. The molecule has 0 saturated carbocycles. The monoisotopic (exact) mass is 259 g/mol. The van der Waals surface area contributed by atoms with Gasteiger partial charge in [0, 0.05) is 5.38 Å². The minimum absolute atomic E-state index is 1.05. The highest BCUT2D eigenvalue weighted by Gasteiger charge is 2.03. The van der Waals surface area contributed by atoms with Gasteiger partial charge in [-0.2, -0.15) is 4.40 Å². The molecule has 0 fully saturated rings. The Bertz CT molecular complexity index is 552. The lowest BCUT2D eigenvalue weighted by Gasteiger charge is -1.89. The lowest BCUT2D eigenvalue weighted by atomic mass is 10.2. The van der Waals surface area contributed by atoms with Gasteiger partial charge >= 0.3 is 0 Å². The third-order valence-electron chi connectivity index (χ3n) is 2.83. The van der Waals surface area contributed by atoms with E-state index in [4.69, 9.17) is 0 Å². The normalized spacial score (nSPS) is 10.1. The molecule has 0 saturated heterocycles. The van der Waals surface area contributed by atoms with E-state index in [0.29, 0.717) is 0 Å². The van der Waals surface area contributed by atoms with Gasteiger partial charge in [-0.3, -0.25) is 0 Å². The van der Waals surface area contributed by atoms with Gasteiger partial charge in [-0.1, -0.05) is 48.6 Å². The molecular weight excluding hydrogens is 240 g/mol. The van der Waals surface area contributed by atoms with Crippen molar-refractivity contribution in [1.29, 1.82) is 0 Å². The number of thiazole rings is 1. The van der Waals surface area contributed by atoms with E-state index in [0.717, 1.165) is 13.0 Å². The van der Waals surface area contributed by atoms with Crippen molar-refractivity contribution < 1.29 is 4.57 Å². The Hall–Kier alpha value is -1.61. The molecule has 3 rings (SSSR count). The van der Waals surface area contributed by atoms with Gasteiger partial charge < -0.3 is 0 Å². The number of rotatable bonds is 2. The smallest absolute Gasteiger partial charge is 0.235 e. The van der Waals surface area contributed by atoms with E-state index < -0.39 is 0 Å². The second-order valence-corrected chi connectivity index (χ2v) is 4.99. The molecule has 0 aliphatic heterocycles. The molecule has 0 spiro atoms. The van der Waals surface area contributed by atoms with E-state index in [2.05, 4.69) is 71.2 Å². The van der Waals surface area contributed by atoms with Gasteiger partial charge in [-0.15, -0.1) is 0 Å².